The van der Waals surface area contributed by atoms with Gasteiger partial charge in [0.2, 0.25) is 0 Å². The van der Waals surface area contributed by atoms with Crippen molar-refractivity contribution in [3.8, 4) is 0 Å². The minimum atomic E-state index is -0.480. The van der Waals surface area contributed by atoms with Crippen molar-refractivity contribution in [2.24, 2.45) is 0 Å². The number of carbonyl (C=O) groups excluding carboxylic acids is 1. The molecule has 0 spiro atoms. The van der Waals surface area contributed by atoms with Gasteiger partial charge in [0.25, 0.3) is 0 Å². The Hall–Kier alpha value is -0.670. The highest BCUT2D eigenvalue weighted by Crippen LogP contribution is 2.26. The number of carbonyl (C=O) groups is 1. The van der Waals surface area contributed by atoms with Gasteiger partial charge in [-0.15, -0.1) is 11.8 Å². The fraction of sp³-hybridized carbons (Fsp3) is 0.417. The van der Waals surface area contributed by atoms with Crippen molar-refractivity contribution in [1.82, 2.24) is 0 Å². The number of thioether (sulfide) groups is 1. The Morgan fingerprint density at radius 1 is 1.38 bits per heavy atom. The Balaban J connectivity index is 2.99. The van der Waals surface area contributed by atoms with Gasteiger partial charge in [-0.2, -0.15) is 0 Å². The monoisotopic (exact) mass is 258 g/mol. The van der Waals surface area contributed by atoms with Crippen LogP contribution in [0.5, 0.6) is 0 Å². The van der Waals surface area contributed by atoms with Crippen LogP contribution in [-0.2, 0) is 4.74 Å². The van der Waals surface area contributed by atoms with Crippen molar-refractivity contribution >= 4 is 29.3 Å². The highest BCUT2D eigenvalue weighted by atomic mass is 35.5. The normalized spacial score (nSPS) is 11.3. The Morgan fingerprint density at radius 2 is 2.00 bits per heavy atom. The summed E-state index contributed by atoms with van der Waals surface area (Å²) < 4.78 is 5.31. The molecule has 0 aliphatic rings. The van der Waals surface area contributed by atoms with Crippen LogP contribution in [0.2, 0.25) is 5.02 Å². The van der Waals surface area contributed by atoms with Crippen LogP contribution in [0, 0.1) is 0 Å². The highest BCUT2D eigenvalue weighted by molar-refractivity contribution is 7.98. The maximum absolute atomic E-state index is 11.9. The lowest BCUT2D eigenvalue weighted by Crippen LogP contribution is -2.24. The molecule has 0 saturated heterocycles. The number of hydrogen-bond donors (Lipinski definition) is 0. The van der Waals surface area contributed by atoms with E-state index >= 15 is 0 Å². The lowest BCUT2D eigenvalue weighted by Gasteiger charge is -2.20. The van der Waals surface area contributed by atoms with Gasteiger partial charge in [-0.05, 0) is 45.2 Å². The van der Waals surface area contributed by atoms with Crippen LogP contribution < -0.4 is 0 Å². The molecule has 1 aromatic rings. The molecule has 0 radical (unpaired) electrons. The van der Waals surface area contributed by atoms with Crippen molar-refractivity contribution < 1.29 is 9.53 Å². The second kappa shape index (κ2) is 5.11. The number of ether oxygens (including phenoxy) is 1. The van der Waals surface area contributed by atoms with Gasteiger partial charge in [-0.3, -0.25) is 0 Å². The summed E-state index contributed by atoms with van der Waals surface area (Å²) >= 11 is 7.35. The molecule has 0 N–H and O–H groups in total. The maximum atomic E-state index is 11.9. The van der Waals surface area contributed by atoms with Gasteiger partial charge >= 0.3 is 5.97 Å². The Morgan fingerprint density at radius 3 is 2.50 bits per heavy atom. The first-order valence-corrected chi connectivity index (χ1v) is 6.50. The van der Waals surface area contributed by atoms with Gasteiger partial charge in [0, 0.05) is 9.92 Å². The van der Waals surface area contributed by atoms with Gasteiger partial charge in [0.15, 0.2) is 0 Å². The standard InChI is InChI=1S/C12H15ClO2S/c1-12(2,3)15-11(14)9-6-5-8(13)7-10(9)16-4/h5-7H,1-4H3. The van der Waals surface area contributed by atoms with Gasteiger partial charge in [-0.1, -0.05) is 11.6 Å². The molecule has 0 aromatic heterocycles. The fourth-order valence-corrected chi connectivity index (χ4v) is 2.02. The first kappa shape index (κ1) is 13.4. The molecule has 0 saturated carbocycles. The SMILES string of the molecule is CSc1cc(Cl)ccc1C(=O)OC(C)(C)C. The molecule has 16 heavy (non-hydrogen) atoms. The average molecular weight is 259 g/mol. The van der Waals surface area contributed by atoms with Crippen LogP contribution in [0.15, 0.2) is 23.1 Å². The van der Waals surface area contributed by atoms with Crippen LogP contribution in [-0.4, -0.2) is 17.8 Å². The predicted molar refractivity (Wildman–Crippen MR) is 68.4 cm³/mol. The Bertz CT molecular complexity index is 396. The van der Waals surface area contributed by atoms with Crippen LogP contribution in [0.3, 0.4) is 0 Å². The topological polar surface area (TPSA) is 26.3 Å². The average Bonchev–Trinajstić information content (AvgIpc) is 2.14. The van der Waals surface area contributed by atoms with E-state index in [4.69, 9.17) is 16.3 Å². The molecule has 0 unspecified atom stereocenters. The number of benzene rings is 1. The first-order chi connectivity index (χ1) is 7.33. The highest BCUT2D eigenvalue weighted by Gasteiger charge is 2.20. The largest absolute Gasteiger partial charge is 0.456 e. The summed E-state index contributed by atoms with van der Waals surface area (Å²) in [5.74, 6) is -0.312. The molecule has 0 aliphatic heterocycles. The van der Waals surface area contributed by atoms with Gasteiger partial charge in [0.05, 0.1) is 5.56 Å². The van der Waals surface area contributed by atoms with Crippen LogP contribution >= 0.6 is 23.4 Å². The van der Waals surface area contributed by atoms with Crippen molar-refractivity contribution in [2.45, 2.75) is 31.3 Å². The van der Waals surface area contributed by atoms with E-state index in [9.17, 15) is 4.79 Å². The first-order valence-electron chi connectivity index (χ1n) is 4.90. The zero-order valence-corrected chi connectivity index (χ0v) is 11.4. The van der Waals surface area contributed by atoms with E-state index in [2.05, 4.69) is 0 Å². The van der Waals surface area contributed by atoms with E-state index in [1.54, 1.807) is 18.2 Å². The zero-order valence-electron chi connectivity index (χ0n) is 9.83. The van der Waals surface area contributed by atoms with E-state index < -0.39 is 5.60 Å². The molecule has 0 aliphatic carbocycles. The quantitative estimate of drug-likeness (QED) is 0.592. The molecule has 4 heteroatoms. The molecule has 1 aromatic carbocycles. The summed E-state index contributed by atoms with van der Waals surface area (Å²) in [7, 11) is 0. The summed E-state index contributed by atoms with van der Waals surface area (Å²) in [6.45, 7) is 5.54. The smallest absolute Gasteiger partial charge is 0.339 e. The van der Waals surface area contributed by atoms with Gasteiger partial charge < -0.3 is 4.74 Å². The van der Waals surface area contributed by atoms with E-state index in [1.807, 2.05) is 27.0 Å². The summed E-state index contributed by atoms with van der Waals surface area (Å²) in [4.78, 5) is 12.7. The van der Waals surface area contributed by atoms with Gasteiger partial charge in [-0.25, -0.2) is 4.79 Å². The lowest BCUT2D eigenvalue weighted by molar-refractivity contribution is 0.00656. The van der Waals surface area contributed by atoms with Crippen molar-refractivity contribution in [1.29, 1.82) is 0 Å². The third kappa shape index (κ3) is 3.72. The van der Waals surface area contributed by atoms with Gasteiger partial charge in [0.1, 0.15) is 5.60 Å². The van der Waals surface area contributed by atoms with Crippen LogP contribution in [0.25, 0.3) is 0 Å². The molecular weight excluding hydrogens is 244 g/mol. The van der Waals surface area contributed by atoms with E-state index in [1.165, 1.54) is 11.8 Å². The van der Waals surface area contributed by atoms with Crippen molar-refractivity contribution in [2.75, 3.05) is 6.26 Å². The molecule has 0 bridgehead atoms. The number of esters is 1. The number of halogens is 1. The number of hydrogen-bond acceptors (Lipinski definition) is 3. The summed E-state index contributed by atoms with van der Waals surface area (Å²) in [5, 5.41) is 0.622. The van der Waals surface area contributed by atoms with E-state index in [0.29, 0.717) is 10.6 Å². The summed E-state index contributed by atoms with van der Waals surface area (Å²) in [6, 6.07) is 5.16. The molecule has 0 heterocycles. The minimum absolute atomic E-state index is 0.312. The van der Waals surface area contributed by atoms with Crippen LogP contribution in [0.1, 0.15) is 31.1 Å². The maximum Gasteiger partial charge on any atom is 0.339 e. The third-order valence-electron chi connectivity index (χ3n) is 1.78. The molecule has 0 fully saturated rings. The van der Waals surface area contributed by atoms with Crippen molar-refractivity contribution in [3.05, 3.63) is 28.8 Å². The fourth-order valence-electron chi connectivity index (χ4n) is 1.17. The molecule has 0 atom stereocenters. The molecule has 2 nitrogen and oxygen atoms in total. The van der Waals surface area contributed by atoms with Crippen LogP contribution in [0.4, 0.5) is 0 Å². The molecular formula is C12H15ClO2S. The van der Waals surface area contributed by atoms with Crippen molar-refractivity contribution in [3.63, 3.8) is 0 Å². The summed E-state index contributed by atoms with van der Waals surface area (Å²) in [6.07, 6.45) is 1.90. The second-order valence-corrected chi connectivity index (χ2v) is 5.63. The summed E-state index contributed by atoms with van der Waals surface area (Å²) in [5.41, 5.74) is 0.0821. The minimum Gasteiger partial charge on any atom is -0.456 e. The van der Waals surface area contributed by atoms with E-state index in [0.717, 1.165) is 4.90 Å². The zero-order chi connectivity index (χ0) is 12.3. The molecule has 0 amide bonds. The van der Waals surface area contributed by atoms with E-state index in [-0.39, 0.29) is 5.97 Å². The third-order valence-corrected chi connectivity index (χ3v) is 2.80. The Labute approximate surface area is 105 Å². The predicted octanol–water partition coefficient (Wildman–Crippen LogP) is 4.02. The number of rotatable bonds is 2. The molecule has 88 valence electrons. The lowest BCUT2D eigenvalue weighted by atomic mass is 10.1. The Kier molecular flexibility index (Phi) is 4.28. The molecule has 1 rings (SSSR count). The second-order valence-electron chi connectivity index (χ2n) is 4.35.